The molecule has 10 nitrogen and oxygen atoms in total. The van der Waals surface area contributed by atoms with Crippen molar-refractivity contribution >= 4 is 28.8 Å². The summed E-state index contributed by atoms with van der Waals surface area (Å²) in [5.74, 6) is 0.669. The molecule has 10 heteroatoms. The fourth-order valence-electron chi connectivity index (χ4n) is 6.97. The minimum Gasteiger partial charge on any atom is -0.497 e. The molecule has 1 aliphatic carbocycles. The van der Waals surface area contributed by atoms with E-state index in [1.165, 1.54) is 6.92 Å². The van der Waals surface area contributed by atoms with Crippen molar-refractivity contribution in [1.29, 1.82) is 0 Å². The summed E-state index contributed by atoms with van der Waals surface area (Å²) in [5.41, 5.74) is 1.57. The summed E-state index contributed by atoms with van der Waals surface area (Å²) >= 11 is 0. The third-order valence-corrected chi connectivity index (χ3v) is 9.38. The number of amides is 2. The number of aromatic nitrogens is 2. The van der Waals surface area contributed by atoms with Gasteiger partial charge in [0.2, 0.25) is 11.8 Å². The molecule has 0 radical (unpaired) electrons. The third kappa shape index (κ3) is 6.73. The smallest absolute Gasteiger partial charge is 0.408 e. The number of nitrogens with zero attached hydrogens (tertiary/aromatic N) is 3. The summed E-state index contributed by atoms with van der Waals surface area (Å²) in [7, 11) is 1.61. The Labute approximate surface area is 254 Å². The van der Waals surface area contributed by atoms with Crippen molar-refractivity contribution in [3.63, 3.8) is 0 Å². The van der Waals surface area contributed by atoms with Gasteiger partial charge in [0.05, 0.1) is 30.7 Å². The number of carbonyl (C=O) groups is 3. The van der Waals surface area contributed by atoms with Gasteiger partial charge in [-0.3, -0.25) is 9.59 Å². The zero-order chi connectivity index (χ0) is 30.9. The lowest BCUT2D eigenvalue weighted by Gasteiger charge is -2.35. The molecule has 1 N–H and O–H groups in total. The molecule has 0 unspecified atom stereocenters. The highest BCUT2D eigenvalue weighted by molar-refractivity contribution is 5.92. The molecule has 2 fully saturated rings. The van der Waals surface area contributed by atoms with Gasteiger partial charge < -0.3 is 24.4 Å². The first-order valence-corrected chi connectivity index (χ1v) is 15.8. The van der Waals surface area contributed by atoms with Gasteiger partial charge in [0.25, 0.3) is 0 Å². The largest absolute Gasteiger partial charge is 0.497 e. The van der Waals surface area contributed by atoms with Gasteiger partial charge in [-0.1, -0.05) is 40.5 Å². The highest BCUT2D eigenvalue weighted by Gasteiger charge is 2.49. The lowest BCUT2D eigenvalue weighted by atomic mass is 9.85. The van der Waals surface area contributed by atoms with E-state index in [1.54, 1.807) is 12.0 Å². The van der Waals surface area contributed by atoms with Gasteiger partial charge in [-0.15, -0.1) is 0 Å². The standard InChI is InChI=1S/C33H46N4O6/c1-19-27-18-37(28(19)20(2)38)31(39)29(33(3,4)5)36-32(40)43-26-14-10-12-21(26)11-8-7-9-13-24-30(42-27)35-25-17-22(41-6)15-16-23(25)34-24/h15-17,19,21,26-29H,7-14,18H2,1-6H3,(H,36,40)/t19-,21-,26-,27+,28+,29-/m1/s1. The summed E-state index contributed by atoms with van der Waals surface area (Å²) in [6, 6.07) is 4.03. The van der Waals surface area contributed by atoms with Crippen molar-refractivity contribution in [2.24, 2.45) is 17.3 Å². The molecule has 6 atom stereocenters. The Morgan fingerprint density at radius 1 is 1.00 bits per heavy atom. The first-order valence-electron chi connectivity index (χ1n) is 15.8. The fraction of sp³-hybridized carbons (Fsp3) is 0.667. The Morgan fingerprint density at radius 3 is 2.49 bits per heavy atom. The molecule has 1 saturated heterocycles. The molecule has 43 heavy (non-hydrogen) atoms. The molecule has 1 saturated carbocycles. The quantitative estimate of drug-likeness (QED) is 0.501. The monoisotopic (exact) mass is 594 g/mol. The third-order valence-electron chi connectivity index (χ3n) is 9.38. The van der Waals surface area contributed by atoms with Crippen LogP contribution in [-0.2, 0) is 20.7 Å². The number of Topliss-reactive ketones (excluding diaryl/α,β-unsaturated/α-hetero) is 1. The summed E-state index contributed by atoms with van der Waals surface area (Å²) in [6.45, 7) is 9.33. The van der Waals surface area contributed by atoms with E-state index in [2.05, 4.69) is 5.32 Å². The maximum atomic E-state index is 14.2. The number of nitrogens with one attached hydrogen (secondary N) is 1. The molecule has 234 valence electrons. The van der Waals surface area contributed by atoms with Crippen LogP contribution in [-0.4, -0.2) is 70.6 Å². The highest BCUT2D eigenvalue weighted by Crippen LogP contribution is 2.35. The van der Waals surface area contributed by atoms with Gasteiger partial charge in [-0.05, 0) is 68.9 Å². The lowest BCUT2D eigenvalue weighted by Crippen LogP contribution is -2.57. The Kier molecular flexibility index (Phi) is 9.13. The van der Waals surface area contributed by atoms with Crippen LogP contribution in [0.4, 0.5) is 4.79 Å². The number of ketones is 1. The number of rotatable bonds is 2. The van der Waals surface area contributed by atoms with Crippen molar-refractivity contribution in [2.75, 3.05) is 13.7 Å². The Hall–Kier alpha value is -3.43. The minimum atomic E-state index is -0.880. The van der Waals surface area contributed by atoms with Crippen molar-refractivity contribution in [1.82, 2.24) is 20.2 Å². The van der Waals surface area contributed by atoms with E-state index in [4.69, 9.17) is 24.2 Å². The van der Waals surface area contributed by atoms with Crippen LogP contribution < -0.4 is 14.8 Å². The lowest BCUT2D eigenvalue weighted by molar-refractivity contribution is -0.141. The number of methoxy groups -OCH3 is 1. The predicted molar refractivity (Wildman–Crippen MR) is 162 cm³/mol. The molecule has 3 aliphatic rings. The van der Waals surface area contributed by atoms with Crippen molar-refractivity contribution in [3.8, 4) is 11.6 Å². The molecule has 1 aromatic heterocycles. The van der Waals surface area contributed by atoms with Crippen molar-refractivity contribution < 1.29 is 28.6 Å². The van der Waals surface area contributed by atoms with Gasteiger partial charge in [0.15, 0.2) is 5.78 Å². The second-order valence-electron chi connectivity index (χ2n) is 13.6. The minimum absolute atomic E-state index is 0.128. The molecule has 2 aromatic rings. The molecule has 2 amide bonds. The van der Waals surface area contributed by atoms with Crippen LogP contribution in [0.2, 0.25) is 0 Å². The van der Waals surface area contributed by atoms with E-state index in [9.17, 15) is 14.4 Å². The average molecular weight is 595 g/mol. The highest BCUT2D eigenvalue weighted by atomic mass is 16.6. The topological polar surface area (TPSA) is 120 Å². The van der Waals surface area contributed by atoms with Crippen LogP contribution in [0.3, 0.4) is 0 Å². The van der Waals surface area contributed by atoms with Crippen LogP contribution in [0.25, 0.3) is 11.0 Å². The number of hydrogen-bond donors (Lipinski definition) is 1. The zero-order valence-corrected chi connectivity index (χ0v) is 26.4. The first-order chi connectivity index (χ1) is 20.5. The maximum Gasteiger partial charge on any atom is 0.408 e. The molecule has 3 heterocycles. The number of benzene rings is 1. The average Bonchev–Trinajstić information content (AvgIpc) is 3.53. The van der Waals surface area contributed by atoms with Gasteiger partial charge in [-0.2, -0.15) is 0 Å². The Balaban J connectivity index is 1.52. The van der Waals surface area contributed by atoms with E-state index in [0.29, 0.717) is 29.5 Å². The normalized spacial score (nSPS) is 29.0. The molecule has 0 spiro atoms. The van der Waals surface area contributed by atoms with Crippen LogP contribution in [0, 0.1) is 17.3 Å². The maximum absolute atomic E-state index is 14.2. The second-order valence-corrected chi connectivity index (χ2v) is 13.6. The number of fused-ring (bicyclic) bond motifs is 5. The summed E-state index contributed by atoms with van der Waals surface area (Å²) in [6.07, 6.45) is 6.32. The molecule has 2 aliphatic heterocycles. The summed E-state index contributed by atoms with van der Waals surface area (Å²) < 4.78 is 17.9. The SMILES string of the molecule is COc1ccc2nc3c(nc2c1)O[C@H]1CN(C(=O)[C@H](C(C)(C)C)NC(=O)O[C@@H]2CCC[C@H]2CCCCC3)[C@H](C(C)=O)[C@@H]1C. The molecular formula is C33H46N4O6. The number of hydrogen-bond acceptors (Lipinski definition) is 8. The van der Waals surface area contributed by atoms with Crippen LogP contribution in [0.1, 0.15) is 85.3 Å². The summed E-state index contributed by atoms with van der Waals surface area (Å²) in [5, 5.41) is 2.89. The van der Waals surface area contributed by atoms with Gasteiger partial charge in [0.1, 0.15) is 29.7 Å². The summed E-state index contributed by atoms with van der Waals surface area (Å²) in [4.78, 5) is 51.7. The second kappa shape index (κ2) is 12.7. The van der Waals surface area contributed by atoms with Gasteiger partial charge in [0, 0.05) is 12.0 Å². The number of alkyl carbamates (subject to hydrolysis) is 1. The molecule has 5 rings (SSSR count). The first kappa shape index (κ1) is 31.0. The van der Waals surface area contributed by atoms with Crippen LogP contribution >= 0.6 is 0 Å². The molecule has 2 bridgehead atoms. The fourth-order valence-corrected chi connectivity index (χ4v) is 6.97. The zero-order valence-electron chi connectivity index (χ0n) is 26.4. The predicted octanol–water partition coefficient (Wildman–Crippen LogP) is 5.25. The number of carbonyl (C=O) groups excluding carboxylic acids is 3. The van der Waals surface area contributed by atoms with E-state index >= 15 is 0 Å². The van der Waals surface area contributed by atoms with E-state index in [0.717, 1.165) is 56.2 Å². The van der Waals surface area contributed by atoms with Crippen molar-refractivity contribution in [3.05, 3.63) is 23.9 Å². The van der Waals surface area contributed by atoms with Crippen LogP contribution in [0.5, 0.6) is 11.6 Å². The van der Waals surface area contributed by atoms with Crippen molar-refractivity contribution in [2.45, 2.75) is 110 Å². The Morgan fingerprint density at radius 2 is 1.77 bits per heavy atom. The molecule has 1 aromatic carbocycles. The van der Waals surface area contributed by atoms with Crippen LogP contribution in [0.15, 0.2) is 18.2 Å². The Bertz CT molecular complexity index is 1360. The van der Waals surface area contributed by atoms with E-state index in [1.807, 2.05) is 45.9 Å². The number of aryl methyl sites for hydroxylation is 1. The van der Waals surface area contributed by atoms with E-state index in [-0.39, 0.29) is 30.3 Å². The number of ether oxygens (including phenoxy) is 3. The van der Waals surface area contributed by atoms with Gasteiger partial charge >= 0.3 is 6.09 Å². The van der Waals surface area contributed by atoms with Gasteiger partial charge in [-0.25, -0.2) is 14.8 Å². The molecular weight excluding hydrogens is 548 g/mol. The van der Waals surface area contributed by atoms with E-state index < -0.39 is 29.7 Å².